The van der Waals surface area contributed by atoms with Crippen molar-refractivity contribution in [2.45, 2.75) is 82.5 Å². The number of benzene rings is 6. The smallest absolute Gasteiger partial charge is 0.261 e. The van der Waals surface area contributed by atoms with Gasteiger partial charge in [0, 0.05) is 30.5 Å². The van der Waals surface area contributed by atoms with E-state index in [2.05, 4.69) is 145 Å². The minimum atomic E-state index is -0.879. The van der Waals surface area contributed by atoms with E-state index in [1.165, 1.54) is 6.42 Å². The van der Waals surface area contributed by atoms with Crippen LogP contribution in [0.3, 0.4) is 0 Å². The normalized spacial score (nSPS) is 17.9. The Morgan fingerprint density at radius 2 is 1.40 bits per heavy atom. The van der Waals surface area contributed by atoms with Gasteiger partial charge in [0.25, 0.3) is 5.56 Å². The Balaban J connectivity index is 1.02. The number of aryl methyl sites for hydroxylation is 1. The predicted octanol–water partition coefficient (Wildman–Crippen LogP) is 10.6. The lowest BCUT2D eigenvalue weighted by atomic mass is 9.77. The molecule has 0 spiro atoms. The highest BCUT2D eigenvalue weighted by Gasteiger charge is 2.45. The second-order valence-corrected chi connectivity index (χ2v) is 17.1. The summed E-state index contributed by atoms with van der Waals surface area (Å²) in [6.45, 7) is 5.86. The average molecular weight is 818 g/mol. The fraction of sp³-hybridized carbons (Fsp3) is 0.264. The van der Waals surface area contributed by atoms with Gasteiger partial charge in [-0.3, -0.25) is 14.2 Å². The molecule has 6 aromatic carbocycles. The number of tetrazole rings is 1. The van der Waals surface area contributed by atoms with Crippen LogP contribution in [0, 0.1) is 0 Å². The largest absolute Gasteiger partial charge is 0.292 e. The highest BCUT2D eigenvalue weighted by Crippen LogP contribution is 2.46. The van der Waals surface area contributed by atoms with E-state index in [0.717, 1.165) is 101 Å². The summed E-state index contributed by atoms with van der Waals surface area (Å²) in [5.41, 5.74) is 8.00. The summed E-state index contributed by atoms with van der Waals surface area (Å²) in [5, 5.41) is 16.7. The number of nitrogens with zero attached hydrogens (tertiary/aromatic N) is 7. The van der Waals surface area contributed by atoms with E-state index in [0.29, 0.717) is 17.8 Å². The van der Waals surface area contributed by atoms with E-state index in [-0.39, 0.29) is 17.2 Å². The Bertz CT molecular complexity index is 2780. The molecule has 0 bridgehead atoms. The van der Waals surface area contributed by atoms with Gasteiger partial charge in [-0.2, -0.15) is 5.06 Å². The molecule has 0 amide bonds. The van der Waals surface area contributed by atoms with Crippen LogP contribution < -0.4 is 5.56 Å². The first-order chi connectivity index (χ1) is 30.5. The minimum absolute atomic E-state index is 0.00938. The minimum Gasteiger partial charge on any atom is -0.292 e. The van der Waals surface area contributed by atoms with Crippen molar-refractivity contribution in [3.63, 3.8) is 0 Å². The second kappa shape index (κ2) is 16.7. The first-order valence-corrected chi connectivity index (χ1v) is 22.1. The average Bonchev–Trinajstić information content (AvgIpc) is 3.96. The van der Waals surface area contributed by atoms with Crippen molar-refractivity contribution < 1.29 is 4.84 Å². The zero-order chi connectivity index (χ0) is 42.1. The molecule has 0 unspecified atom stereocenters. The molecule has 2 aliphatic rings. The topological polar surface area (TPSA) is 91.0 Å². The van der Waals surface area contributed by atoms with Gasteiger partial charge in [-0.25, -0.2) is 9.67 Å². The zero-order valence-corrected chi connectivity index (χ0v) is 35.4. The first kappa shape index (κ1) is 39.6. The highest BCUT2D eigenvalue weighted by molar-refractivity contribution is 5.81. The second-order valence-electron chi connectivity index (χ2n) is 17.1. The lowest BCUT2D eigenvalue weighted by molar-refractivity contribution is -0.196. The molecule has 0 saturated carbocycles. The molecule has 2 saturated heterocycles. The van der Waals surface area contributed by atoms with Crippen LogP contribution in [0.15, 0.2) is 163 Å². The molecule has 0 aliphatic carbocycles. The van der Waals surface area contributed by atoms with Gasteiger partial charge in [0.2, 0.25) is 0 Å². The summed E-state index contributed by atoms with van der Waals surface area (Å²) < 4.78 is 3.86. The standard InChI is InChI=1S/C53H51N7O2/c1-3-4-26-49-54-47-32-31-40(48-36-52(2)33-16-17-34-59(52)62-48)35-46(47)51(61)58(49)37-38-27-29-39(30-28-38)44-24-14-15-25-45(44)50-55-56-57-60(50)53(41-18-8-5-9-19-41,42-20-10-6-11-21-42)43-22-12-7-13-23-43/h5-15,18-25,27-32,35,48H,3-4,16-17,26,33-34,36-37H2,1-2H3/t48-,52+/m0/s1. The maximum Gasteiger partial charge on any atom is 0.261 e. The van der Waals surface area contributed by atoms with E-state index in [1.807, 2.05) is 45.6 Å². The molecule has 310 valence electrons. The van der Waals surface area contributed by atoms with Crippen molar-refractivity contribution in [3.05, 3.63) is 202 Å². The van der Waals surface area contributed by atoms with Crippen LogP contribution in [0.25, 0.3) is 33.4 Å². The van der Waals surface area contributed by atoms with Crippen LogP contribution in [0.2, 0.25) is 0 Å². The van der Waals surface area contributed by atoms with E-state index in [9.17, 15) is 4.79 Å². The van der Waals surface area contributed by atoms with Crippen LogP contribution in [-0.2, 0) is 23.3 Å². The fourth-order valence-corrected chi connectivity index (χ4v) is 9.87. The summed E-state index contributed by atoms with van der Waals surface area (Å²) >= 11 is 0. The van der Waals surface area contributed by atoms with Crippen LogP contribution in [0.5, 0.6) is 0 Å². The fourth-order valence-electron chi connectivity index (χ4n) is 9.87. The maximum absolute atomic E-state index is 14.5. The van der Waals surface area contributed by atoms with Gasteiger partial charge >= 0.3 is 0 Å². The van der Waals surface area contributed by atoms with Crippen LogP contribution >= 0.6 is 0 Å². The molecule has 2 aromatic heterocycles. The van der Waals surface area contributed by atoms with Gasteiger partial charge in [-0.05, 0) is 87.7 Å². The molecule has 62 heavy (non-hydrogen) atoms. The van der Waals surface area contributed by atoms with Gasteiger partial charge in [0.1, 0.15) is 17.5 Å². The van der Waals surface area contributed by atoms with Crippen molar-refractivity contribution in [3.8, 4) is 22.5 Å². The van der Waals surface area contributed by atoms with Crippen molar-refractivity contribution in [2.24, 2.45) is 0 Å². The monoisotopic (exact) mass is 817 g/mol. The molecule has 2 fully saturated rings. The summed E-state index contributed by atoms with van der Waals surface area (Å²) in [4.78, 5) is 26.1. The number of rotatable bonds is 12. The van der Waals surface area contributed by atoms with Crippen molar-refractivity contribution in [1.29, 1.82) is 0 Å². The molecular formula is C53H51N7O2. The SMILES string of the molecule is CCCCc1nc2ccc([C@@H]3C[C@@]4(C)CCCCN4O3)cc2c(=O)n1Cc1ccc(-c2ccccc2-c2nnnn2C(c2ccccc2)(c2ccccc2)c2ccccc2)cc1. The molecular weight excluding hydrogens is 767 g/mol. The summed E-state index contributed by atoms with van der Waals surface area (Å²) in [6, 6.07) is 54.4. The molecule has 9 heteroatoms. The van der Waals surface area contributed by atoms with E-state index in [1.54, 1.807) is 0 Å². The lowest BCUT2D eigenvalue weighted by Gasteiger charge is -2.36. The molecule has 4 heterocycles. The quantitative estimate of drug-likeness (QED) is 0.113. The first-order valence-electron chi connectivity index (χ1n) is 22.1. The molecule has 9 nitrogen and oxygen atoms in total. The highest BCUT2D eigenvalue weighted by atomic mass is 16.7. The lowest BCUT2D eigenvalue weighted by Crippen LogP contribution is -2.43. The number of fused-ring (bicyclic) bond motifs is 2. The maximum atomic E-state index is 14.5. The summed E-state index contributed by atoms with van der Waals surface area (Å²) in [7, 11) is 0. The van der Waals surface area contributed by atoms with Gasteiger partial charge in [-0.1, -0.05) is 165 Å². The van der Waals surface area contributed by atoms with Crippen LogP contribution in [-0.4, -0.2) is 46.9 Å². The number of piperidine rings is 1. The van der Waals surface area contributed by atoms with Crippen LogP contribution in [0.1, 0.15) is 92.1 Å². The number of aromatic nitrogens is 6. The third-order valence-electron chi connectivity index (χ3n) is 13.1. The van der Waals surface area contributed by atoms with Crippen molar-refractivity contribution in [1.82, 2.24) is 34.8 Å². The Labute approximate surface area is 362 Å². The Morgan fingerprint density at radius 1 is 0.758 bits per heavy atom. The number of hydroxylamine groups is 2. The van der Waals surface area contributed by atoms with Crippen molar-refractivity contribution >= 4 is 10.9 Å². The van der Waals surface area contributed by atoms with E-state index in [4.69, 9.17) is 20.1 Å². The molecule has 2 aliphatic heterocycles. The number of hydrogen-bond acceptors (Lipinski definition) is 7. The Hall–Kier alpha value is -6.55. The Kier molecular flexibility index (Phi) is 10.7. The molecule has 8 aromatic rings. The Morgan fingerprint density at radius 3 is 2.05 bits per heavy atom. The van der Waals surface area contributed by atoms with Crippen molar-refractivity contribution in [2.75, 3.05) is 6.54 Å². The number of hydrogen-bond donors (Lipinski definition) is 0. The molecule has 2 atom stereocenters. The molecule has 0 radical (unpaired) electrons. The zero-order valence-electron chi connectivity index (χ0n) is 35.4. The predicted molar refractivity (Wildman–Crippen MR) is 244 cm³/mol. The third kappa shape index (κ3) is 7.05. The molecule has 0 N–H and O–H groups in total. The van der Waals surface area contributed by atoms with E-state index < -0.39 is 5.54 Å². The van der Waals surface area contributed by atoms with Gasteiger partial charge in [-0.15, -0.1) is 5.10 Å². The van der Waals surface area contributed by atoms with Crippen LogP contribution in [0.4, 0.5) is 0 Å². The third-order valence-corrected chi connectivity index (χ3v) is 13.1. The van der Waals surface area contributed by atoms with Gasteiger partial charge in [0.05, 0.1) is 17.4 Å². The summed E-state index contributed by atoms with van der Waals surface area (Å²) in [5.74, 6) is 1.46. The number of unbranched alkanes of at least 4 members (excludes halogenated alkanes) is 1. The van der Waals surface area contributed by atoms with Gasteiger partial charge in [0.15, 0.2) is 5.82 Å². The summed E-state index contributed by atoms with van der Waals surface area (Å²) in [6.07, 6.45) is 7.07. The molecule has 10 rings (SSSR count). The van der Waals surface area contributed by atoms with E-state index >= 15 is 0 Å². The van der Waals surface area contributed by atoms with Gasteiger partial charge < -0.3 is 0 Å².